The molecule has 0 radical (unpaired) electrons. The van der Waals surface area contributed by atoms with Gasteiger partial charge in [0.05, 0.1) is 11.4 Å². The van der Waals surface area contributed by atoms with Gasteiger partial charge >= 0.3 is 5.97 Å². The number of carbonyl (C=O) groups is 1. The van der Waals surface area contributed by atoms with Crippen LogP contribution in [0.15, 0.2) is 30.3 Å². The maximum Gasteiger partial charge on any atom is 0.343 e. The molecule has 0 unspecified atom stereocenters. The predicted molar refractivity (Wildman–Crippen MR) is 56.9 cm³/mol. The first-order valence-electron chi connectivity index (χ1n) is 4.68. The highest BCUT2D eigenvalue weighted by Gasteiger charge is 2.20. The zero-order chi connectivity index (χ0) is 11.7. The van der Waals surface area contributed by atoms with E-state index in [0.29, 0.717) is 5.69 Å². The summed E-state index contributed by atoms with van der Waals surface area (Å²) < 4.78 is 1.21. The standard InChI is InChI=1S/C11H10N2O3/c1-7-9(11(15)16)10(14)13(12-7)8-5-3-2-4-6-8/h2-6,14H,1H3,(H,15,16). The van der Waals surface area contributed by atoms with Gasteiger partial charge < -0.3 is 10.2 Å². The first-order chi connectivity index (χ1) is 7.61. The van der Waals surface area contributed by atoms with Crippen LogP contribution in [0.3, 0.4) is 0 Å². The smallest absolute Gasteiger partial charge is 0.343 e. The van der Waals surface area contributed by atoms with Crippen molar-refractivity contribution in [3.63, 3.8) is 0 Å². The van der Waals surface area contributed by atoms with Gasteiger partial charge in [-0.3, -0.25) is 0 Å². The molecule has 1 aromatic carbocycles. The molecule has 0 atom stereocenters. The molecule has 0 aliphatic carbocycles. The minimum atomic E-state index is -1.18. The monoisotopic (exact) mass is 218 g/mol. The molecule has 0 aliphatic heterocycles. The molecular formula is C11H10N2O3. The average molecular weight is 218 g/mol. The number of benzene rings is 1. The van der Waals surface area contributed by atoms with Gasteiger partial charge in [-0.2, -0.15) is 5.10 Å². The Kier molecular flexibility index (Phi) is 2.36. The maximum absolute atomic E-state index is 10.9. The van der Waals surface area contributed by atoms with Crippen LogP contribution < -0.4 is 0 Å². The third-order valence-electron chi connectivity index (χ3n) is 2.25. The number of carboxylic acid groups (broad SMARTS) is 1. The summed E-state index contributed by atoms with van der Waals surface area (Å²) in [5.41, 5.74) is 0.744. The third kappa shape index (κ3) is 1.52. The first kappa shape index (κ1) is 10.2. The fourth-order valence-corrected chi connectivity index (χ4v) is 1.51. The molecule has 0 fully saturated rings. The number of hydrogen-bond donors (Lipinski definition) is 2. The second-order valence-corrected chi connectivity index (χ2v) is 3.34. The molecule has 1 heterocycles. The Morgan fingerprint density at radius 2 is 1.94 bits per heavy atom. The van der Waals surface area contributed by atoms with Crippen LogP contribution in [0.2, 0.25) is 0 Å². The summed E-state index contributed by atoms with van der Waals surface area (Å²) in [5.74, 6) is -1.53. The van der Waals surface area contributed by atoms with Crippen LogP contribution >= 0.6 is 0 Å². The van der Waals surface area contributed by atoms with E-state index in [-0.39, 0.29) is 17.1 Å². The molecule has 0 saturated carbocycles. The minimum Gasteiger partial charge on any atom is -0.493 e. The van der Waals surface area contributed by atoms with Crippen LogP contribution in [0.25, 0.3) is 5.69 Å². The molecule has 0 aliphatic rings. The van der Waals surface area contributed by atoms with Crippen molar-refractivity contribution in [1.29, 1.82) is 0 Å². The quantitative estimate of drug-likeness (QED) is 0.802. The summed E-state index contributed by atoms with van der Waals surface area (Å²) in [6.07, 6.45) is 0. The molecule has 0 bridgehead atoms. The molecule has 0 spiro atoms. The Balaban J connectivity index is 2.61. The Hall–Kier alpha value is -2.30. The molecule has 5 nitrogen and oxygen atoms in total. The summed E-state index contributed by atoms with van der Waals surface area (Å²) in [7, 11) is 0. The highest BCUT2D eigenvalue weighted by molar-refractivity contribution is 5.91. The van der Waals surface area contributed by atoms with Crippen molar-refractivity contribution in [3.05, 3.63) is 41.6 Å². The second kappa shape index (κ2) is 3.69. The zero-order valence-electron chi connectivity index (χ0n) is 8.58. The van der Waals surface area contributed by atoms with Gasteiger partial charge in [-0.25, -0.2) is 9.48 Å². The van der Waals surface area contributed by atoms with Gasteiger partial charge in [0, 0.05) is 0 Å². The van der Waals surface area contributed by atoms with E-state index in [0.717, 1.165) is 0 Å². The highest BCUT2D eigenvalue weighted by atomic mass is 16.4. The van der Waals surface area contributed by atoms with Crippen molar-refractivity contribution in [1.82, 2.24) is 9.78 Å². The molecule has 0 amide bonds. The van der Waals surface area contributed by atoms with Gasteiger partial charge in [0.1, 0.15) is 5.56 Å². The van der Waals surface area contributed by atoms with Gasteiger partial charge in [-0.05, 0) is 19.1 Å². The number of aryl methyl sites for hydroxylation is 1. The van der Waals surface area contributed by atoms with Crippen LogP contribution in [0.5, 0.6) is 5.88 Å². The molecule has 1 aromatic heterocycles. The third-order valence-corrected chi connectivity index (χ3v) is 2.25. The Morgan fingerprint density at radius 1 is 1.31 bits per heavy atom. The average Bonchev–Trinajstić information content (AvgIpc) is 2.55. The fourth-order valence-electron chi connectivity index (χ4n) is 1.51. The van der Waals surface area contributed by atoms with Crippen LogP contribution in [0.4, 0.5) is 0 Å². The van der Waals surface area contributed by atoms with Gasteiger partial charge in [0.25, 0.3) is 0 Å². The van der Waals surface area contributed by atoms with E-state index in [1.54, 1.807) is 31.2 Å². The van der Waals surface area contributed by atoms with Gasteiger partial charge in [-0.15, -0.1) is 0 Å². The summed E-state index contributed by atoms with van der Waals surface area (Å²) in [4.78, 5) is 10.9. The first-order valence-corrected chi connectivity index (χ1v) is 4.68. The molecule has 82 valence electrons. The normalized spacial score (nSPS) is 10.3. The number of aromatic carboxylic acids is 1. The summed E-state index contributed by atoms with van der Waals surface area (Å²) >= 11 is 0. The zero-order valence-corrected chi connectivity index (χ0v) is 8.58. The lowest BCUT2D eigenvalue weighted by molar-refractivity contribution is 0.0693. The molecule has 2 rings (SSSR count). The number of carboxylic acids is 1. The van der Waals surface area contributed by atoms with Crippen molar-refractivity contribution in [2.45, 2.75) is 6.92 Å². The van der Waals surface area contributed by atoms with E-state index in [1.165, 1.54) is 4.68 Å². The van der Waals surface area contributed by atoms with Crippen molar-refractivity contribution < 1.29 is 15.0 Å². The summed E-state index contributed by atoms with van der Waals surface area (Å²) in [6.45, 7) is 1.54. The lowest BCUT2D eigenvalue weighted by Crippen LogP contribution is -1.98. The Morgan fingerprint density at radius 3 is 2.44 bits per heavy atom. The van der Waals surface area contributed by atoms with E-state index >= 15 is 0 Å². The molecule has 2 aromatic rings. The number of rotatable bonds is 2. The Bertz CT molecular complexity index is 532. The summed E-state index contributed by atoms with van der Waals surface area (Å²) in [5, 5.41) is 22.6. The van der Waals surface area contributed by atoms with Crippen LogP contribution in [0, 0.1) is 6.92 Å². The molecule has 5 heteroatoms. The predicted octanol–water partition coefficient (Wildman–Crippen LogP) is 1.58. The second-order valence-electron chi connectivity index (χ2n) is 3.34. The lowest BCUT2D eigenvalue weighted by atomic mass is 10.2. The van der Waals surface area contributed by atoms with E-state index in [9.17, 15) is 9.90 Å². The lowest BCUT2D eigenvalue weighted by Gasteiger charge is -2.01. The maximum atomic E-state index is 10.9. The van der Waals surface area contributed by atoms with Gasteiger partial charge in [0.15, 0.2) is 0 Å². The van der Waals surface area contributed by atoms with Crippen LogP contribution in [0.1, 0.15) is 16.1 Å². The number of aromatic nitrogens is 2. The molecule has 16 heavy (non-hydrogen) atoms. The van der Waals surface area contributed by atoms with Gasteiger partial charge in [0.2, 0.25) is 5.88 Å². The van der Waals surface area contributed by atoms with Crippen LogP contribution in [-0.4, -0.2) is 26.0 Å². The molecular weight excluding hydrogens is 208 g/mol. The Labute approximate surface area is 91.6 Å². The molecule has 2 N–H and O–H groups in total. The highest BCUT2D eigenvalue weighted by Crippen LogP contribution is 2.24. The van der Waals surface area contributed by atoms with E-state index in [4.69, 9.17) is 5.11 Å². The van der Waals surface area contributed by atoms with E-state index < -0.39 is 5.97 Å². The number of para-hydroxylation sites is 1. The number of nitrogens with zero attached hydrogens (tertiary/aromatic N) is 2. The van der Waals surface area contributed by atoms with Crippen LogP contribution in [-0.2, 0) is 0 Å². The largest absolute Gasteiger partial charge is 0.493 e. The fraction of sp³-hybridized carbons (Fsp3) is 0.0909. The number of hydrogen-bond acceptors (Lipinski definition) is 3. The van der Waals surface area contributed by atoms with Crippen molar-refractivity contribution in [2.24, 2.45) is 0 Å². The molecule has 0 saturated heterocycles. The SMILES string of the molecule is Cc1nn(-c2ccccc2)c(O)c1C(=O)O. The van der Waals surface area contributed by atoms with Crippen molar-refractivity contribution in [3.8, 4) is 11.6 Å². The van der Waals surface area contributed by atoms with Gasteiger partial charge in [-0.1, -0.05) is 18.2 Å². The topological polar surface area (TPSA) is 75.3 Å². The van der Waals surface area contributed by atoms with E-state index in [1.807, 2.05) is 6.07 Å². The van der Waals surface area contributed by atoms with Crippen molar-refractivity contribution >= 4 is 5.97 Å². The number of aromatic hydroxyl groups is 1. The summed E-state index contributed by atoms with van der Waals surface area (Å²) in [6, 6.07) is 8.86. The van der Waals surface area contributed by atoms with Crippen molar-refractivity contribution in [2.75, 3.05) is 0 Å². The van der Waals surface area contributed by atoms with E-state index in [2.05, 4.69) is 5.10 Å². The minimum absolute atomic E-state index is 0.163.